The molecular weight excluding hydrogens is 282 g/mol. The highest BCUT2D eigenvalue weighted by Crippen LogP contribution is 2.12. The number of rotatable bonds is 4. The van der Waals surface area contributed by atoms with Gasteiger partial charge in [0.25, 0.3) is 5.91 Å². The topological polar surface area (TPSA) is 44.7 Å². The molecule has 19 heavy (non-hydrogen) atoms. The Morgan fingerprint density at radius 3 is 2.89 bits per heavy atom. The van der Waals surface area contributed by atoms with Gasteiger partial charge >= 0.3 is 0 Å². The van der Waals surface area contributed by atoms with E-state index in [1.165, 1.54) is 0 Å². The molecular formula is C13H16ClN3OS. The zero-order chi connectivity index (χ0) is 13.5. The van der Waals surface area contributed by atoms with Crippen LogP contribution in [0.2, 0.25) is 5.02 Å². The molecule has 1 aromatic rings. The standard InChI is InChI=1S/C13H16ClN3OS/c14-12-4-2-1-3-11(12)9-15-16-13(18)10-17-5-7-19-8-6-17/h1-4,9H,5-8,10H2,(H,16,18)/b15-9+. The molecule has 1 aliphatic heterocycles. The summed E-state index contributed by atoms with van der Waals surface area (Å²) in [6.45, 7) is 2.33. The lowest BCUT2D eigenvalue weighted by molar-refractivity contribution is -0.122. The fourth-order valence-corrected chi connectivity index (χ4v) is 2.91. The lowest BCUT2D eigenvalue weighted by Gasteiger charge is -2.24. The number of amides is 1. The molecule has 1 amide bonds. The molecule has 0 bridgehead atoms. The van der Waals surface area contributed by atoms with Crippen LogP contribution in [-0.4, -0.2) is 48.2 Å². The van der Waals surface area contributed by atoms with Crippen molar-refractivity contribution in [2.45, 2.75) is 0 Å². The van der Waals surface area contributed by atoms with E-state index in [1.807, 2.05) is 30.0 Å². The third-order valence-corrected chi connectivity index (χ3v) is 4.06. The number of thioether (sulfide) groups is 1. The first-order valence-corrected chi connectivity index (χ1v) is 7.65. The maximum absolute atomic E-state index is 11.7. The Morgan fingerprint density at radius 2 is 2.16 bits per heavy atom. The Bertz CT molecular complexity index is 461. The Hall–Kier alpha value is -1.04. The molecule has 2 rings (SSSR count). The summed E-state index contributed by atoms with van der Waals surface area (Å²) in [5, 5.41) is 4.55. The van der Waals surface area contributed by atoms with Gasteiger partial charge in [-0.15, -0.1) is 0 Å². The summed E-state index contributed by atoms with van der Waals surface area (Å²) in [5.41, 5.74) is 3.32. The third-order valence-electron chi connectivity index (χ3n) is 2.77. The average molecular weight is 298 g/mol. The fourth-order valence-electron chi connectivity index (χ4n) is 1.75. The van der Waals surface area contributed by atoms with Crippen LogP contribution in [0.5, 0.6) is 0 Å². The van der Waals surface area contributed by atoms with Crippen LogP contribution >= 0.6 is 23.4 Å². The van der Waals surface area contributed by atoms with Gasteiger partial charge in [-0.3, -0.25) is 9.69 Å². The monoisotopic (exact) mass is 297 g/mol. The van der Waals surface area contributed by atoms with Crippen molar-refractivity contribution in [2.75, 3.05) is 31.1 Å². The van der Waals surface area contributed by atoms with Crippen LogP contribution in [0.25, 0.3) is 0 Å². The van der Waals surface area contributed by atoms with E-state index in [9.17, 15) is 4.79 Å². The molecule has 1 saturated heterocycles. The quantitative estimate of drug-likeness (QED) is 0.681. The van der Waals surface area contributed by atoms with Crippen molar-refractivity contribution >= 4 is 35.5 Å². The highest BCUT2D eigenvalue weighted by Gasteiger charge is 2.13. The van der Waals surface area contributed by atoms with Gasteiger partial charge in [0, 0.05) is 35.2 Å². The molecule has 1 aliphatic rings. The molecule has 6 heteroatoms. The first-order valence-electron chi connectivity index (χ1n) is 6.12. The van der Waals surface area contributed by atoms with Gasteiger partial charge in [0.2, 0.25) is 0 Å². The van der Waals surface area contributed by atoms with Crippen molar-refractivity contribution in [1.29, 1.82) is 0 Å². The molecule has 1 fully saturated rings. The summed E-state index contributed by atoms with van der Waals surface area (Å²) < 4.78 is 0. The highest BCUT2D eigenvalue weighted by atomic mass is 35.5. The maximum Gasteiger partial charge on any atom is 0.254 e. The molecule has 0 saturated carbocycles. The number of carbonyl (C=O) groups excluding carboxylic acids is 1. The SMILES string of the molecule is O=C(CN1CCSCC1)N/N=C/c1ccccc1Cl. The zero-order valence-electron chi connectivity index (χ0n) is 10.5. The first-order chi connectivity index (χ1) is 9.25. The van der Waals surface area contributed by atoms with E-state index in [1.54, 1.807) is 12.3 Å². The van der Waals surface area contributed by atoms with Gasteiger partial charge in [-0.25, -0.2) is 5.43 Å². The van der Waals surface area contributed by atoms with Crippen molar-refractivity contribution in [3.63, 3.8) is 0 Å². The Morgan fingerprint density at radius 1 is 1.42 bits per heavy atom. The molecule has 0 radical (unpaired) electrons. The van der Waals surface area contributed by atoms with Crippen LogP contribution < -0.4 is 5.43 Å². The van der Waals surface area contributed by atoms with Gasteiger partial charge in [0.15, 0.2) is 0 Å². The van der Waals surface area contributed by atoms with E-state index in [-0.39, 0.29) is 5.91 Å². The zero-order valence-corrected chi connectivity index (χ0v) is 12.1. The molecule has 1 heterocycles. The lowest BCUT2D eigenvalue weighted by atomic mass is 10.2. The third kappa shape index (κ3) is 4.86. The molecule has 4 nitrogen and oxygen atoms in total. The van der Waals surface area contributed by atoms with Crippen LogP contribution in [0.15, 0.2) is 29.4 Å². The Labute approximate surface area is 122 Å². The number of hydrazone groups is 1. The number of nitrogens with zero attached hydrogens (tertiary/aromatic N) is 2. The summed E-state index contributed by atoms with van der Waals surface area (Å²) in [6, 6.07) is 7.36. The van der Waals surface area contributed by atoms with Crippen molar-refractivity contribution in [2.24, 2.45) is 5.10 Å². The maximum atomic E-state index is 11.7. The van der Waals surface area contributed by atoms with Crippen LogP contribution in [0.3, 0.4) is 0 Å². The number of halogens is 1. The number of hydrogen-bond acceptors (Lipinski definition) is 4. The summed E-state index contributed by atoms with van der Waals surface area (Å²) in [4.78, 5) is 13.8. The normalized spacial score (nSPS) is 16.7. The highest BCUT2D eigenvalue weighted by molar-refractivity contribution is 7.99. The van der Waals surface area contributed by atoms with Crippen molar-refractivity contribution < 1.29 is 4.79 Å². The van der Waals surface area contributed by atoms with E-state index in [0.717, 1.165) is 30.2 Å². The van der Waals surface area contributed by atoms with E-state index >= 15 is 0 Å². The second kappa shape index (κ2) is 7.53. The Balaban J connectivity index is 1.78. The van der Waals surface area contributed by atoms with Gasteiger partial charge in [-0.1, -0.05) is 29.8 Å². The predicted molar refractivity (Wildman–Crippen MR) is 81.0 cm³/mol. The van der Waals surface area contributed by atoms with Crippen molar-refractivity contribution in [1.82, 2.24) is 10.3 Å². The van der Waals surface area contributed by atoms with Gasteiger partial charge < -0.3 is 0 Å². The first kappa shape index (κ1) is 14.4. The number of hydrogen-bond donors (Lipinski definition) is 1. The molecule has 0 atom stereocenters. The van der Waals surface area contributed by atoms with Gasteiger partial charge in [-0.2, -0.15) is 16.9 Å². The minimum atomic E-state index is -0.0878. The minimum absolute atomic E-state index is 0.0878. The largest absolute Gasteiger partial charge is 0.293 e. The van der Waals surface area contributed by atoms with Crippen LogP contribution in [0, 0.1) is 0 Å². The summed E-state index contributed by atoms with van der Waals surface area (Å²) in [5.74, 6) is 2.10. The molecule has 0 unspecified atom stereocenters. The molecule has 0 aromatic heterocycles. The van der Waals surface area contributed by atoms with Gasteiger partial charge in [0.1, 0.15) is 0 Å². The van der Waals surface area contributed by atoms with Gasteiger partial charge in [0.05, 0.1) is 12.8 Å². The predicted octanol–water partition coefficient (Wildman–Crippen LogP) is 1.84. The van der Waals surface area contributed by atoms with Crippen molar-refractivity contribution in [3.05, 3.63) is 34.9 Å². The van der Waals surface area contributed by atoms with Gasteiger partial charge in [-0.05, 0) is 6.07 Å². The van der Waals surface area contributed by atoms with E-state index in [0.29, 0.717) is 11.6 Å². The van der Waals surface area contributed by atoms with Crippen LogP contribution in [-0.2, 0) is 4.79 Å². The fraction of sp³-hybridized carbons (Fsp3) is 0.385. The smallest absolute Gasteiger partial charge is 0.254 e. The van der Waals surface area contributed by atoms with Crippen LogP contribution in [0.1, 0.15) is 5.56 Å². The summed E-state index contributed by atoms with van der Waals surface area (Å²) in [7, 11) is 0. The van der Waals surface area contributed by atoms with E-state index in [2.05, 4.69) is 15.4 Å². The summed E-state index contributed by atoms with van der Waals surface area (Å²) >= 11 is 7.91. The van der Waals surface area contributed by atoms with Crippen molar-refractivity contribution in [3.8, 4) is 0 Å². The lowest BCUT2D eigenvalue weighted by Crippen LogP contribution is -2.40. The second-order valence-electron chi connectivity index (χ2n) is 4.20. The number of carbonyl (C=O) groups is 1. The molecule has 1 N–H and O–H groups in total. The molecule has 0 spiro atoms. The summed E-state index contributed by atoms with van der Waals surface area (Å²) in [6.07, 6.45) is 1.56. The van der Waals surface area contributed by atoms with Crippen LogP contribution in [0.4, 0.5) is 0 Å². The average Bonchev–Trinajstić information content (AvgIpc) is 2.42. The molecule has 1 aromatic carbocycles. The number of benzene rings is 1. The van der Waals surface area contributed by atoms with E-state index in [4.69, 9.17) is 11.6 Å². The Kier molecular flexibility index (Phi) is 5.69. The molecule has 102 valence electrons. The minimum Gasteiger partial charge on any atom is -0.293 e. The molecule has 0 aliphatic carbocycles. The second-order valence-corrected chi connectivity index (χ2v) is 5.84. The number of nitrogens with one attached hydrogen (secondary N) is 1. The van der Waals surface area contributed by atoms with E-state index < -0.39 is 0 Å².